The lowest BCUT2D eigenvalue weighted by atomic mass is 10.5. The summed E-state index contributed by atoms with van der Waals surface area (Å²) < 4.78 is 4.83. The van der Waals surface area contributed by atoms with Crippen molar-refractivity contribution in [2.45, 2.75) is 11.8 Å². The third kappa shape index (κ3) is 4.20. The van der Waals surface area contributed by atoms with E-state index in [0.29, 0.717) is 12.4 Å². The highest BCUT2D eigenvalue weighted by molar-refractivity contribution is 8.00. The number of esters is 1. The molecule has 0 fully saturated rings. The van der Waals surface area contributed by atoms with Crippen LogP contribution in [0.1, 0.15) is 6.92 Å². The van der Waals surface area contributed by atoms with Crippen molar-refractivity contribution in [2.75, 3.05) is 24.7 Å². The fraction of sp³-hybridized carbons (Fsp3) is 0.400. The van der Waals surface area contributed by atoms with Gasteiger partial charge in [-0.2, -0.15) is 0 Å². The summed E-state index contributed by atoms with van der Waals surface area (Å²) in [6, 6.07) is 3.76. The monoisotopic (exact) mass is 226 g/mol. The van der Waals surface area contributed by atoms with Crippen LogP contribution in [0.15, 0.2) is 23.2 Å². The number of carbonyl (C=O) groups excluding carboxylic acids is 1. The maximum atomic E-state index is 11.1. The Labute approximate surface area is 93.4 Å². The normalized spacial score (nSPS) is 9.73. The summed E-state index contributed by atoms with van der Waals surface area (Å²) in [5.41, 5.74) is 0. The number of nitrogens with one attached hydrogen (secondary N) is 1. The maximum Gasteiger partial charge on any atom is 0.316 e. The van der Waals surface area contributed by atoms with E-state index in [-0.39, 0.29) is 5.97 Å². The summed E-state index contributed by atoms with van der Waals surface area (Å²) in [6.07, 6.45) is 1.71. The molecule has 0 amide bonds. The van der Waals surface area contributed by atoms with Gasteiger partial charge in [0.25, 0.3) is 0 Å². The molecule has 82 valence electrons. The lowest BCUT2D eigenvalue weighted by molar-refractivity contribution is -0.139. The number of anilines is 1. The van der Waals surface area contributed by atoms with E-state index in [0.717, 1.165) is 10.7 Å². The van der Waals surface area contributed by atoms with Crippen LogP contribution in [0.4, 0.5) is 5.82 Å². The Morgan fingerprint density at radius 1 is 1.67 bits per heavy atom. The Balaban J connectivity index is 2.46. The molecule has 0 saturated carbocycles. The molecular weight excluding hydrogens is 212 g/mol. The van der Waals surface area contributed by atoms with Crippen molar-refractivity contribution < 1.29 is 9.53 Å². The number of aromatic nitrogens is 1. The Morgan fingerprint density at radius 2 is 2.47 bits per heavy atom. The van der Waals surface area contributed by atoms with E-state index < -0.39 is 0 Å². The van der Waals surface area contributed by atoms with Crippen molar-refractivity contribution in [3.63, 3.8) is 0 Å². The highest BCUT2D eigenvalue weighted by Gasteiger charge is 2.03. The molecule has 1 aromatic rings. The first kappa shape index (κ1) is 11.8. The standard InChI is InChI=1S/C10H14N2O2S/c1-3-14-10(13)7-15-8-4-5-12-9(6-8)11-2/h4-6H,3,7H2,1-2H3,(H,11,12). The van der Waals surface area contributed by atoms with E-state index in [1.165, 1.54) is 11.8 Å². The second-order valence-corrected chi connectivity index (χ2v) is 3.77. The van der Waals surface area contributed by atoms with Crippen LogP contribution < -0.4 is 5.32 Å². The zero-order valence-corrected chi connectivity index (χ0v) is 9.63. The van der Waals surface area contributed by atoms with Gasteiger partial charge in [0, 0.05) is 18.1 Å². The molecule has 1 aromatic heterocycles. The molecule has 0 aliphatic carbocycles. The molecule has 15 heavy (non-hydrogen) atoms. The van der Waals surface area contributed by atoms with E-state index in [1.54, 1.807) is 13.1 Å². The van der Waals surface area contributed by atoms with Gasteiger partial charge < -0.3 is 10.1 Å². The van der Waals surface area contributed by atoms with Crippen LogP contribution >= 0.6 is 11.8 Å². The van der Waals surface area contributed by atoms with Gasteiger partial charge in [-0.1, -0.05) is 0 Å². The molecule has 0 aromatic carbocycles. The van der Waals surface area contributed by atoms with Crippen LogP contribution in [0, 0.1) is 0 Å². The predicted molar refractivity (Wildman–Crippen MR) is 61.1 cm³/mol. The van der Waals surface area contributed by atoms with Crippen LogP contribution in [0.5, 0.6) is 0 Å². The van der Waals surface area contributed by atoms with Gasteiger partial charge in [-0.05, 0) is 19.1 Å². The molecule has 0 spiro atoms. The molecule has 0 aliphatic rings. The Morgan fingerprint density at radius 3 is 3.13 bits per heavy atom. The van der Waals surface area contributed by atoms with Gasteiger partial charge in [0.15, 0.2) is 0 Å². The van der Waals surface area contributed by atoms with E-state index in [1.807, 2.05) is 19.2 Å². The van der Waals surface area contributed by atoms with E-state index >= 15 is 0 Å². The molecule has 0 unspecified atom stereocenters. The minimum atomic E-state index is -0.190. The van der Waals surface area contributed by atoms with E-state index in [9.17, 15) is 4.79 Å². The Bertz CT molecular complexity index is 331. The number of rotatable bonds is 5. The largest absolute Gasteiger partial charge is 0.465 e. The number of hydrogen-bond acceptors (Lipinski definition) is 5. The quantitative estimate of drug-likeness (QED) is 0.612. The summed E-state index contributed by atoms with van der Waals surface area (Å²) in [4.78, 5) is 16.2. The van der Waals surface area contributed by atoms with Crippen LogP contribution in [0.25, 0.3) is 0 Å². The van der Waals surface area contributed by atoms with Crippen molar-refractivity contribution in [3.05, 3.63) is 18.3 Å². The molecule has 0 saturated heterocycles. The van der Waals surface area contributed by atoms with E-state index in [2.05, 4.69) is 10.3 Å². The van der Waals surface area contributed by atoms with Gasteiger partial charge in [-0.15, -0.1) is 11.8 Å². The molecule has 0 bridgehead atoms. The van der Waals surface area contributed by atoms with Gasteiger partial charge >= 0.3 is 5.97 Å². The predicted octanol–water partition coefficient (Wildman–Crippen LogP) is 1.78. The van der Waals surface area contributed by atoms with Crippen molar-refractivity contribution in [1.82, 2.24) is 4.98 Å². The number of nitrogens with zero attached hydrogens (tertiary/aromatic N) is 1. The minimum absolute atomic E-state index is 0.190. The average molecular weight is 226 g/mol. The molecule has 1 rings (SSSR count). The first-order valence-corrected chi connectivity index (χ1v) is 5.67. The molecule has 4 nitrogen and oxygen atoms in total. The molecular formula is C10H14N2O2S. The van der Waals surface area contributed by atoms with E-state index in [4.69, 9.17) is 4.74 Å². The fourth-order valence-electron chi connectivity index (χ4n) is 0.983. The second kappa shape index (κ2) is 6.29. The first-order chi connectivity index (χ1) is 7.26. The van der Waals surface area contributed by atoms with Crippen LogP contribution in [-0.2, 0) is 9.53 Å². The number of carbonyl (C=O) groups is 1. The summed E-state index contributed by atoms with van der Waals surface area (Å²) in [5, 5.41) is 2.94. The smallest absolute Gasteiger partial charge is 0.316 e. The lowest BCUT2D eigenvalue weighted by Crippen LogP contribution is -2.06. The summed E-state index contributed by atoms with van der Waals surface area (Å²) in [6.45, 7) is 2.23. The molecule has 1 heterocycles. The molecule has 0 aliphatic heterocycles. The third-order valence-electron chi connectivity index (χ3n) is 1.65. The van der Waals surface area contributed by atoms with Crippen molar-refractivity contribution in [2.24, 2.45) is 0 Å². The molecule has 0 radical (unpaired) electrons. The van der Waals surface area contributed by atoms with Gasteiger partial charge in [0.05, 0.1) is 12.4 Å². The number of hydrogen-bond donors (Lipinski definition) is 1. The van der Waals surface area contributed by atoms with Gasteiger partial charge in [0.1, 0.15) is 5.82 Å². The van der Waals surface area contributed by atoms with Gasteiger partial charge in [0.2, 0.25) is 0 Å². The highest BCUT2D eigenvalue weighted by Crippen LogP contribution is 2.19. The average Bonchev–Trinajstić information content (AvgIpc) is 2.27. The van der Waals surface area contributed by atoms with Crippen LogP contribution in [-0.4, -0.2) is 30.4 Å². The number of pyridine rings is 1. The van der Waals surface area contributed by atoms with Crippen LogP contribution in [0.2, 0.25) is 0 Å². The number of ether oxygens (including phenoxy) is 1. The van der Waals surface area contributed by atoms with Gasteiger partial charge in [-0.3, -0.25) is 4.79 Å². The van der Waals surface area contributed by atoms with Crippen molar-refractivity contribution >= 4 is 23.5 Å². The fourth-order valence-corrected chi connectivity index (χ4v) is 1.70. The lowest BCUT2D eigenvalue weighted by Gasteiger charge is -2.03. The second-order valence-electron chi connectivity index (χ2n) is 2.72. The first-order valence-electron chi connectivity index (χ1n) is 4.68. The summed E-state index contributed by atoms with van der Waals surface area (Å²) >= 11 is 1.44. The third-order valence-corrected chi connectivity index (χ3v) is 2.62. The van der Waals surface area contributed by atoms with Crippen molar-refractivity contribution in [1.29, 1.82) is 0 Å². The number of thioether (sulfide) groups is 1. The zero-order valence-electron chi connectivity index (χ0n) is 8.82. The molecule has 5 heteroatoms. The Kier molecular flexibility index (Phi) is 4.97. The minimum Gasteiger partial charge on any atom is -0.465 e. The van der Waals surface area contributed by atoms with Gasteiger partial charge in [-0.25, -0.2) is 4.98 Å². The summed E-state index contributed by atoms with van der Waals surface area (Å²) in [5.74, 6) is 0.940. The SMILES string of the molecule is CCOC(=O)CSc1ccnc(NC)c1. The molecule has 0 atom stereocenters. The molecule has 1 N–H and O–H groups in total. The zero-order chi connectivity index (χ0) is 11.1. The Hall–Kier alpha value is -1.23. The summed E-state index contributed by atoms with van der Waals surface area (Å²) in [7, 11) is 1.81. The van der Waals surface area contributed by atoms with Crippen molar-refractivity contribution in [3.8, 4) is 0 Å². The topological polar surface area (TPSA) is 51.2 Å². The van der Waals surface area contributed by atoms with Crippen LogP contribution in [0.3, 0.4) is 0 Å². The highest BCUT2D eigenvalue weighted by atomic mass is 32.2. The maximum absolute atomic E-state index is 11.1.